The van der Waals surface area contributed by atoms with Crippen molar-refractivity contribution in [2.24, 2.45) is 5.92 Å². The number of benzene rings is 1. The standard InChI is InChI=1S/C13H18FNO2/c1-8(2)12(13(16)17)15-7-10-5-4-9(3)11(14)6-10/h4-6,8,12,15H,7H2,1-3H3,(H,16,17)/t12-/m0/s1. The second-order valence-electron chi connectivity index (χ2n) is 4.52. The van der Waals surface area contributed by atoms with Crippen molar-refractivity contribution < 1.29 is 14.3 Å². The second-order valence-corrected chi connectivity index (χ2v) is 4.52. The highest BCUT2D eigenvalue weighted by molar-refractivity contribution is 5.73. The Morgan fingerprint density at radius 2 is 2.12 bits per heavy atom. The predicted molar refractivity (Wildman–Crippen MR) is 64.2 cm³/mol. The molecule has 1 atom stereocenters. The number of halogens is 1. The van der Waals surface area contributed by atoms with Crippen LogP contribution in [0.3, 0.4) is 0 Å². The Morgan fingerprint density at radius 3 is 2.59 bits per heavy atom. The number of hydrogen-bond donors (Lipinski definition) is 2. The number of aryl methyl sites for hydroxylation is 1. The van der Waals surface area contributed by atoms with Crippen LogP contribution in [0.4, 0.5) is 4.39 Å². The van der Waals surface area contributed by atoms with Crippen LogP contribution in [0.1, 0.15) is 25.0 Å². The topological polar surface area (TPSA) is 49.3 Å². The van der Waals surface area contributed by atoms with E-state index in [1.165, 1.54) is 6.07 Å². The van der Waals surface area contributed by atoms with Crippen molar-refractivity contribution in [3.63, 3.8) is 0 Å². The molecule has 0 aliphatic rings. The van der Waals surface area contributed by atoms with Gasteiger partial charge in [0, 0.05) is 6.54 Å². The van der Waals surface area contributed by atoms with Crippen molar-refractivity contribution >= 4 is 5.97 Å². The molecule has 0 bridgehead atoms. The van der Waals surface area contributed by atoms with Gasteiger partial charge in [0.1, 0.15) is 11.9 Å². The average Bonchev–Trinajstić information content (AvgIpc) is 2.22. The molecule has 4 heteroatoms. The number of carboxylic acids is 1. The van der Waals surface area contributed by atoms with Gasteiger partial charge in [-0.15, -0.1) is 0 Å². The van der Waals surface area contributed by atoms with Crippen molar-refractivity contribution in [1.29, 1.82) is 0 Å². The summed E-state index contributed by atoms with van der Waals surface area (Å²) in [5.41, 5.74) is 1.34. The molecule has 1 aromatic carbocycles. The number of nitrogens with one attached hydrogen (secondary N) is 1. The molecular formula is C13H18FNO2. The van der Waals surface area contributed by atoms with E-state index in [0.29, 0.717) is 12.1 Å². The van der Waals surface area contributed by atoms with Gasteiger partial charge in [0.15, 0.2) is 0 Å². The third-order valence-corrected chi connectivity index (χ3v) is 2.70. The van der Waals surface area contributed by atoms with Crippen LogP contribution >= 0.6 is 0 Å². The monoisotopic (exact) mass is 239 g/mol. The first-order valence-corrected chi connectivity index (χ1v) is 5.63. The maximum absolute atomic E-state index is 13.3. The van der Waals surface area contributed by atoms with Gasteiger partial charge >= 0.3 is 5.97 Å². The molecular weight excluding hydrogens is 221 g/mol. The fourth-order valence-corrected chi connectivity index (χ4v) is 1.58. The third-order valence-electron chi connectivity index (χ3n) is 2.70. The Bertz CT molecular complexity index is 404. The molecule has 0 aliphatic heterocycles. The molecule has 0 radical (unpaired) electrons. The van der Waals surface area contributed by atoms with E-state index in [-0.39, 0.29) is 11.7 Å². The third kappa shape index (κ3) is 3.82. The zero-order valence-corrected chi connectivity index (χ0v) is 10.3. The lowest BCUT2D eigenvalue weighted by Gasteiger charge is -2.18. The number of rotatable bonds is 5. The molecule has 94 valence electrons. The van der Waals surface area contributed by atoms with Gasteiger partial charge in [-0.05, 0) is 30.0 Å². The average molecular weight is 239 g/mol. The Labute approximate surface area is 101 Å². The zero-order valence-electron chi connectivity index (χ0n) is 10.3. The van der Waals surface area contributed by atoms with Gasteiger partial charge in [-0.25, -0.2) is 4.39 Å². The largest absolute Gasteiger partial charge is 0.480 e. The predicted octanol–water partition coefficient (Wildman–Crippen LogP) is 2.33. The van der Waals surface area contributed by atoms with Gasteiger partial charge in [0.2, 0.25) is 0 Å². The van der Waals surface area contributed by atoms with E-state index in [1.807, 2.05) is 13.8 Å². The molecule has 1 rings (SSSR count). The van der Waals surface area contributed by atoms with Crippen LogP contribution in [0.25, 0.3) is 0 Å². The van der Waals surface area contributed by atoms with Crippen molar-refractivity contribution in [1.82, 2.24) is 5.32 Å². The SMILES string of the molecule is Cc1ccc(CN[C@H](C(=O)O)C(C)C)cc1F. The minimum Gasteiger partial charge on any atom is -0.480 e. The molecule has 0 saturated carbocycles. The second kappa shape index (κ2) is 5.77. The molecule has 0 aromatic heterocycles. The van der Waals surface area contributed by atoms with Crippen LogP contribution in [-0.2, 0) is 11.3 Å². The molecule has 0 spiro atoms. The molecule has 0 unspecified atom stereocenters. The van der Waals surface area contributed by atoms with Crippen molar-refractivity contribution in [2.45, 2.75) is 33.4 Å². The molecule has 0 saturated heterocycles. The lowest BCUT2D eigenvalue weighted by Crippen LogP contribution is -2.40. The summed E-state index contributed by atoms with van der Waals surface area (Å²) < 4.78 is 13.3. The van der Waals surface area contributed by atoms with Crippen molar-refractivity contribution in [2.75, 3.05) is 0 Å². The Morgan fingerprint density at radius 1 is 1.47 bits per heavy atom. The van der Waals surface area contributed by atoms with E-state index < -0.39 is 12.0 Å². The van der Waals surface area contributed by atoms with E-state index in [1.54, 1.807) is 19.1 Å². The van der Waals surface area contributed by atoms with Crippen molar-refractivity contribution in [3.8, 4) is 0 Å². The van der Waals surface area contributed by atoms with Gasteiger partial charge in [-0.3, -0.25) is 4.79 Å². The highest BCUT2D eigenvalue weighted by Crippen LogP contribution is 2.10. The lowest BCUT2D eigenvalue weighted by atomic mass is 10.0. The van der Waals surface area contributed by atoms with Crippen LogP contribution in [0.15, 0.2) is 18.2 Å². The molecule has 0 aliphatic carbocycles. The highest BCUT2D eigenvalue weighted by atomic mass is 19.1. The first-order valence-electron chi connectivity index (χ1n) is 5.63. The Kier molecular flexibility index (Phi) is 4.63. The summed E-state index contributed by atoms with van der Waals surface area (Å²) in [4.78, 5) is 10.9. The molecule has 2 N–H and O–H groups in total. The van der Waals surface area contributed by atoms with Gasteiger partial charge < -0.3 is 10.4 Å². The number of carbonyl (C=O) groups is 1. The minimum atomic E-state index is -0.882. The Hall–Kier alpha value is -1.42. The summed E-state index contributed by atoms with van der Waals surface area (Å²) in [6, 6.07) is 4.31. The molecule has 17 heavy (non-hydrogen) atoms. The minimum absolute atomic E-state index is 0.0113. The summed E-state index contributed by atoms with van der Waals surface area (Å²) in [5, 5.41) is 11.9. The number of aliphatic carboxylic acids is 1. The smallest absolute Gasteiger partial charge is 0.320 e. The fourth-order valence-electron chi connectivity index (χ4n) is 1.58. The summed E-state index contributed by atoms with van der Waals surface area (Å²) >= 11 is 0. The quantitative estimate of drug-likeness (QED) is 0.829. The maximum Gasteiger partial charge on any atom is 0.320 e. The van der Waals surface area contributed by atoms with Gasteiger partial charge in [0.25, 0.3) is 0 Å². The van der Waals surface area contributed by atoms with Crippen LogP contribution < -0.4 is 5.32 Å². The normalized spacial score (nSPS) is 12.8. The fraction of sp³-hybridized carbons (Fsp3) is 0.462. The molecule has 0 amide bonds. The van der Waals surface area contributed by atoms with E-state index in [9.17, 15) is 9.18 Å². The van der Waals surface area contributed by atoms with Gasteiger partial charge in [-0.2, -0.15) is 0 Å². The first-order chi connectivity index (χ1) is 7.91. The van der Waals surface area contributed by atoms with E-state index in [0.717, 1.165) is 5.56 Å². The van der Waals surface area contributed by atoms with Crippen LogP contribution in [0.2, 0.25) is 0 Å². The molecule has 1 aromatic rings. The van der Waals surface area contributed by atoms with Gasteiger partial charge in [0.05, 0.1) is 0 Å². The summed E-state index contributed by atoms with van der Waals surface area (Å²) in [6.07, 6.45) is 0. The highest BCUT2D eigenvalue weighted by Gasteiger charge is 2.20. The summed E-state index contributed by atoms with van der Waals surface area (Å²) in [6.45, 7) is 5.72. The first kappa shape index (κ1) is 13.6. The summed E-state index contributed by atoms with van der Waals surface area (Å²) in [5.74, 6) is -1.16. The molecule has 3 nitrogen and oxygen atoms in total. The van der Waals surface area contributed by atoms with E-state index in [2.05, 4.69) is 5.32 Å². The molecule has 0 heterocycles. The van der Waals surface area contributed by atoms with Crippen LogP contribution in [0.5, 0.6) is 0 Å². The van der Waals surface area contributed by atoms with Crippen LogP contribution in [-0.4, -0.2) is 17.1 Å². The lowest BCUT2D eigenvalue weighted by molar-refractivity contribution is -0.140. The van der Waals surface area contributed by atoms with E-state index >= 15 is 0 Å². The molecule has 0 fully saturated rings. The number of carboxylic acid groups (broad SMARTS) is 1. The number of hydrogen-bond acceptors (Lipinski definition) is 2. The summed E-state index contributed by atoms with van der Waals surface area (Å²) in [7, 11) is 0. The zero-order chi connectivity index (χ0) is 13.0. The van der Waals surface area contributed by atoms with Crippen LogP contribution in [0, 0.1) is 18.7 Å². The maximum atomic E-state index is 13.3. The Balaban J connectivity index is 2.65. The van der Waals surface area contributed by atoms with E-state index in [4.69, 9.17) is 5.11 Å². The van der Waals surface area contributed by atoms with Crippen molar-refractivity contribution in [3.05, 3.63) is 35.1 Å². The van der Waals surface area contributed by atoms with Gasteiger partial charge in [-0.1, -0.05) is 26.0 Å².